The van der Waals surface area contributed by atoms with E-state index in [1.54, 1.807) is 12.1 Å². The van der Waals surface area contributed by atoms with Gasteiger partial charge in [-0.25, -0.2) is 0 Å². The number of amides is 3. The molecule has 0 aromatic heterocycles. The zero-order valence-electron chi connectivity index (χ0n) is 15.2. The number of nitrogens with two attached hydrogens (primary N) is 1. The molecule has 0 saturated heterocycles. The van der Waals surface area contributed by atoms with Crippen molar-refractivity contribution in [3.63, 3.8) is 0 Å². The third kappa shape index (κ3) is 7.84. The van der Waals surface area contributed by atoms with Crippen LogP contribution in [0.4, 0.5) is 0 Å². The summed E-state index contributed by atoms with van der Waals surface area (Å²) < 4.78 is 0. The number of phenolic OH excluding ortho intramolecular Hbond substituents is 1. The fraction of sp³-hybridized carbons (Fsp3) is 0.412. The summed E-state index contributed by atoms with van der Waals surface area (Å²) in [5.74, 6) is -3.09. The standard InChI is InChI=1S/C17H24N4O6S/c1-9(15(25)21-13(8-28)17(27)19-7-14(23)24)20-16(26)12(18)6-10-2-4-11(22)5-3-10/h2-5,9,12-13,22,28H,6-8,18H2,1H3,(H,19,27)(H,20,26)(H,21,25)(H,23,24). The molecule has 28 heavy (non-hydrogen) atoms. The number of aromatic hydroxyl groups is 1. The molecule has 154 valence electrons. The van der Waals surface area contributed by atoms with Gasteiger partial charge >= 0.3 is 5.97 Å². The number of carbonyl (C=O) groups is 4. The Morgan fingerprint density at radius 2 is 1.68 bits per heavy atom. The van der Waals surface area contributed by atoms with E-state index in [4.69, 9.17) is 10.8 Å². The number of phenols is 1. The summed E-state index contributed by atoms with van der Waals surface area (Å²) in [6, 6.07) is 3.26. The van der Waals surface area contributed by atoms with Gasteiger partial charge in [0.05, 0.1) is 6.04 Å². The number of hydrogen-bond donors (Lipinski definition) is 7. The van der Waals surface area contributed by atoms with Crippen LogP contribution in [-0.2, 0) is 25.6 Å². The van der Waals surface area contributed by atoms with E-state index in [9.17, 15) is 24.3 Å². The molecule has 0 radical (unpaired) electrons. The van der Waals surface area contributed by atoms with Gasteiger partial charge in [0.1, 0.15) is 24.4 Å². The number of aliphatic carboxylic acids is 1. The highest BCUT2D eigenvalue weighted by atomic mass is 32.1. The Balaban J connectivity index is 2.54. The Hall–Kier alpha value is -2.79. The summed E-state index contributed by atoms with van der Waals surface area (Å²) in [4.78, 5) is 46.7. The molecule has 1 rings (SSSR count). The molecule has 3 atom stereocenters. The maximum atomic E-state index is 12.2. The van der Waals surface area contributed by atoms with Crippen LogP contribution >= 0.6 is 12.6 Å². The average molecular weight is 412 g/mol. The van der Waals surface area contributed by atoms with E-state index in [-0.39, 0.29) is 17.9 Å². The molecular formula is C17H24N4O6S. The van der Waals surface area contributed by atoms with Gasteiger partial charge in [-0.05, 0) is 31.0 Å². The highest BCUT2D eigenvalue weighted by Gasteiger charge is 2.25. The van der Waals surface area contributed by atoms with Crippen LogP contribution in [0.2, 0.25) is 0 Å². The minimum absolute atomic E-state index is 0.0573. The van der Waals surface area contributed by atoms with Crippen LogP contribution in [0.25, 0.3) is 0 Å². The smallest absolute Gasteiger partial charge is 0.322 e. The molecule has 0 fully saturated rings. The van der Waals surface area contributed by atoms with Gasteiger partial charge in [0.15, 0.2) is 0 Å². The molecule has 10 nitrogen and oxygen atoms in total. The SMILES string of the molecule is CC(NC(=O)C(N)Cc1ccc(O)cc1)C(=O)NC(CS)C(=O)NCC(=O)O. The van der Waals surface area contributed by atoms with Crippen molar-refractivity contribution in [2.75, 3.05) is 12.3 Å². The van der Waals surface area contributed by atoms with Crippen molar-refractivity contribution >= 4 is 36.3 Å². The number of carbonyl (C=O) groups excluding carboxylic acids is 3. The lowest BCUT2D eigenvalue weighted by molar-refractivity contribution is -0.138. The number of hydrogen-bond acceptors (Lipinski definition) is 7. The van der Waals surface area contributed by atoms with Gasteiger partial charge in [0.25, 0.3) is 0 Å². The summed E-state index contributed by atoms with van der Waals surface area (Å²) in [5, 5.41) is 24.8. The number of carboxylic acid groups (broad SMARTS) is 1. The van der Waals surface area contributed by atoms with Gasteiger partial charge in [-0.3, -0.25) is 19.2 Å². The van der Waals surface area contributed by atoms with Crippen molar-refractivity contribution in [1.82, 2.24) is 16.0 Å². The Kier molecular flexibility index (Phi) is 9.25. The van der Waals surface area contributed by atoms with Crippen molar-refractivity contribution < 1.29 is 29.4 Å². The van der Waals surface area contributed by atoms with Crippen LogP contribution in [0.1, 0.15) is 12.5 Å². The maximum Gasteiger partial charge on any atom is 0.322 e. The molecule has 3 amide bonds. The molecule has 1 aromatic rings. The quantitative estimate of drug-likeness (QED) is 0.226. The van der Waals surface area contributed by atoms with Crippen molar-refractivity contribution in [3.8, 4) is 5.75 Å². The van der Waals surface area contributed by atoms with E-state index in [1.807, 2.05) is 0 Å². The Morgan fingerprint density at radius 1 is 1.07 bits per heavy atom. The maximum absolute atomic E-state index is 12.2. The molecule has 0 aliphatic heterocycles. The molecule has 0 spiro atoms. The zero-order valence-corrected chi connectivity index (χ0v) is 16.1. The first kappa shape index (κ1) is 23.2. The largest absolute Gasteiger partial charge is 0.508 e. The average Bonchev–Trinajstić information content (AvgIpc) is 2.65. The van der Waals surface area contributed by atoms with Gasteiger partial charge in [-0.15, -0.1) is 0 Å². The third-order valence-corrected chi connectivity index (χ3v) is 4.08. The third-order valence-electron chi connectivity index (χ3n) is 3.71. The molecule has 0 heterocycles. The molecule has 1 aromatic carbocycles. The van der Waals surface area contributed by atoms with Crippen LogP contribution in [-0.4, -0.2) is 64.3 Å². The van der Waals surface area contributed by atoms with Crippen molar-refractivity contribution in [3.05, 3.63) is 29.8 Å². The van der Waals surface area contributed by atoms with Crippen molar-refractivity contribution in [1.29, 1.82) is 0 Å². The molecule has 0 saturated carbocycles. The van der Waals surface area contributed by atoms with Crippen molar-refractivity contribution in [2.24, 2.45) is 5.73 Å². The summed E-state index contributed by atoms with van der Waals surface area (Å²) >= 11 is 3.96. The van der Waals surface area contributed by atoms with Gasteiger partial charge in [-0.1, -0.05) is 12.1 Å². The van der Waals surface area contributed by atoms with E-state index >= 15 is 0 Å². The van der Waals surface area contributed by atoms with Gasteiger partial charge in [0.2, 0.25) is 17.7 Å². The van der Waals surface area contributed by atoms with E-state index in [0.29, 0.717) is 0 Å². The van der Waals surface area contributed by atoms with Gasteiger partial charge in [-0.2, -0.15) is 12.6 Å². The molecule has 0 aliphatic rings. The number of thiol groups is 1. The normalized spacial score (nSPS) is 13.7. The van der Waals surface area contributed by atoms with E-state index in [0.717, 1.165) is 5.56 Å². The second-order valence-electron chi connectivity index (χ2n) is 6.06. The monoisotopic (exact) mass is 412 g/mol. The summed E-state index contributed by atoms with van der Waals surface area (Å²) in [5.41, 5.74) is 6.58. The van der Waals surface area contributed by atoms with Crippen LogP contribution in [0.15, 0.2) is 24.3 Å². The minimum atomic E-state index is -1.22. The lowest BCUT2D eigenvalue weighted by Crippen LogP contribution is -2.55. The Morgan fingerprint density at radius 3 is 2.21 bits per heavy atom. The first-order chi connectivity index (χ1) is 13.1. The predicted octanol–water partition coefficient (Wildman–Crippen LogP) is -1.62. The molecule has 0 bridgehead atoms. The van der Waals surface area contributed by atoms with Gasteiger partial charge in [0, 0.05) is 5.75 Å². The van der Waals surface area contributed by atoms with Crippen molar-refractivity contribution in [2.45, 2.75) is 31.5 Å². The van der Waals surface area contributed by atoms with Crippen LogP contribution in [0.3, 0.4) is 0 Å². The number of rotatable bonds is 10. The predicted molar refractivity (Wildman–Crippen MR) is 104 cm³/mol. The highest BCUT2D eigenvalue weighted by Crippen LogP contribution is 2.10. The van der Waals surface area contributed by atoms with Crippen LogP contribution in [0.5, 0.6) is 5.75 Å². The van der Waals surface area contributed by atoms with E-state index in [2.05, 4.69) is 28.6 Å². The molecule has 0 aliphatic carbocycles. The molecule has 7 N–H and O–H groups in total. The lowest BCUT2D eigenvalue weighted by Gasteiger charge is -2.21. The highest BCUT2D eigenvalue weighted by molar-refractivity contribution is 7.80. The first-order valence-corrected chi connectivity index (χ1v) is 9.01. The first-order valence-electron chi connectivity index (χ1n) is 8.38. The zero-order chi connectivity index (χ0) is 21.3. The topological polar surface area (TPSA) is 171 Å². The number of benzene rings is 1. The molecule has 3 unspecified atom stereocenters. The summed E-state index contributed by atoms with van der Waals surface area (Å²) in [7, 11) is 0. The Labute approximate surface area is 167 Å². The minimum Gasteiger partial charge on any atom is -0.508 e. The van der Waals surface area contributed by atoms with E-state index < -0.39 is 48.4 Å². The summed E-state index contributed by atoms with van der Waals surface area (Å²) in [6.45, 7) is 0.836. The van der Waals surface area contributed by atoms with Crippen LogP contribution < -0.4 is 21.7 Å². The molecule has 11 heteroatoms. The summed E-state index contributed by atoms with van der Waals surface area (Å²) in [6.07, 6.45) is 0.206. The lowest BCUT2D eigenvalue weighted by atomic mass is 10.1. The number of carboxylic acids is 1. The fourth-order valence-electron chi connectivity index (χ4n) is 2.14. The molecular weight excluding hydrogens is 388 g/mol. The Bertz CT molecular complexity index is 712. The second kappa shape index (κ2) is 11.1. The van der Waals surface area contributed by atoms with Crippen LogP contribution in [0, 0.1) is 0 Å². The van der Waals surface area contributed by atoms with E-state index in [1.165, 1.54) is 19.1 Å². The fourth-order valence-corrected chi connectivity index (χ4v) is 2.40. The second-order valence-corrected chi connectivity index (χ2v) is 6.43. The number of nitrogens with one attached hydrogen (secondary N) is 3. The van der Waals surface area contributed by atoms with Gasteiger partial charge < -0.3 is 31.9 Å².